The molecule has 0 aromatic carbocycles. The largest absolute Gasteiger partial charge is 0.462 e. The Kier molecular flexibility index (Phi) is 6.46. The molecule has 150 valence electrons. The molecular weight excluding hydrogens is 376 g/mol. The summed E-state index contributed by atoms with van der Waals surface area (Å²) in [7, 11) is 0. The molecule has 2 atom stereocenters. The second kappa shape index (κ2) is 8.48. The van der Waals surface area contributed by atoms with Gasteiger partial charge in [0.05, 0.1) is 12.2 Å². The van der Waals surface area contributed by atoms with Gasteiger partial charge in [-0.15, -0.1) is 11.3 Å². The highest BCUT2D eigenvalue weighted by Crippen LogP contribution is 2.40. The highest BCUT2D eigenvalue weighted by molar-refractivity contribution is 7.80. The van der Waals surface area contributed by atoms with E-state index in [2.05, 4.69) is 31.4 Å². The van der Waals surface area contributed by atoms with Crippen LogP contribution in [0.2, 0.25) is 0 Å². The van der Waals surface area contributed by atoms with Gasteiger partial charge in [0.1, 0.15) is 5.00 Å². The van der Waals surface area contributed by atoms with E-state index in [9.17, 15) is 4.79 Å². The lowest BCUT2D eigenvalue weighted by Gasteiger charge is -2.39. The number of esters is 1. The lowest BCUT2D eigenvalue weighted by atomic mass is 9.71. The molecule has 1 fully saturated rings. The van der Waals surface area contributed by atoms with Gasteiger partial charge in [-0.2, -0.15) is 0 Å². The molecule has 2 aliphatic carbocycles. The lowest BCUT2D eigenvalue weighted by molar-refractivity contribution is 0.0526. The average Bonchev–Trinajstić information content (AvgIpc) is 2.90. The summed E-state index contributed by atoms with van der Waals surface area (Å²) in [5.41, 5.74) is 2.21. The lowest BCUT2D eigenvalue weighted by Crippen LogP contribution is -2.44. The third-order valence-corrected chi connectivity index (χ3v) is 7.03. The van der Waals surface area contributed by atoms with Crippen molar-refractivity contribution < 1.29 is 9.53 Å². The van der Waals surface area contributed by atoms with Gasteiger partial charge >= 0.3 is 5.97 Å². The Morgan fingerprint density at radius 3 is 2.74 bits per heavy atom. The zero-order valence-corrected chi connectivity index (χ0v) is 18.6. The van der Waals surface area contributed by atoms with Crippen molar-refractivity contribution in [3.63, 3.8) is 0 Å². The van der Waals surface area contributed by atoms with Gasteiger partial charge in [-0.25, -0.2) is 4.79 Å². The number of ether oxygens (including phenoxy) is 1. The normalized spacial score (nSPS) is 24.0. The van der Waals surface area contributed by atoms with Crippen LogP contribution in [0.15, 0.2) is 0 Å². The Bertz CT molecular complexity index is 711. The molecule has 0 radical (unpaired) electrons. The minimum atomic E-state index is -0.227. The maximum Gasteiger partial charge on any atom is 0.341 e. The summed E-state index contributed by atoms with van der Waals surface area (Å²) in [5.74, 6) is 0.466. The number of thiophene rings is 1. The van der Waals surface area contributed by atoms with Gasteiger partial charge in [0.25, 0.3) is 0 Å². The maximum atomic E-state index is 12.6. The molecule has 1 saturated carbocycles. The Morgan fingerprint density at radius 1 is 1.30 bits per heavy atom. The van der Waals surface area contributed by atoms with E-state index >= 15 is 0 Å². The fourth-order valence-corrected chi connectivity index (χ4v) is 6.47. The number of hydrogen-bond acceptors (Lipinski definition) is 4. The third-order valence-electron chi connectivity index (χ3n) is 5.60. The first-order chi connectivity index (χ1) is 12.8. The molecule has 2 unspecified atom stereocenters. The van der Waals surface area contributed by atoms with E-state index in [1.807, 2.05) is 6.92 Å². The zero-order valence-electron chi connectivity index (χ0n) is 16.9. The monoisotopic (exact) mass is 408 g/mol. The second-order valence-corrected chi connectivity index (χ2v) is 10.4. The van der Waals surface area contributed by atoms with E-state index in [4.69, 9.17) is 17.0 Å². The molecule has 0 bridgehead atoms. The van der Waals surface area contributed by atoms with Gasteiger partial charge in [-0.05, 0) is 81.0 Å². The zero-order chi connectivity index (χ0) is 19.6. The molecule has 27 heavy (non-hydrogen) atoms. The van der Waals surface area contributed by atoms with Crippen molar-refractivity contribution in [3.8, 4) is 0 Å². The average molecular weight is 409 g/mol. The van der Waals surface area contributed by atoms with E-state index in [0.717, 1.165) is 37.1 Å². The molecule has 3 rings (SSSR count). The van der Waals surface area contributed by atoms with Gasteiger partial charge < -0.3 is 15.4 Å². The third kappa shape index (κ3) is 5.02. The Labute approximate surface area is 172 Å². The molecular formula is C21H32N2O2S2. The number of aryl methyl sites for hydroxylation is 1. The summed E-state index contributed by atoms with van der Waals surface area (Å²) in [4.78, 5) is 13.9. The van der Waals surface area contributed by atoms with Crippen molar-refractivity contribution in [1.29, 1.82) is 0 Å². The van der Waals surface area contributed by atoms with Gasteiger partial charge in [0, 0.05) is 10.9 Å². The summed E-state index contributed by atoms with van der Waals surface area (Å²) in [5, 5.41) is 8.31. The van der Waals surface area contributed by atoms with Crippen LogP contribution >= 0.6 is 23.6 Å². The molecule has 1 aromatic rings. The number of anilines is 1. The fraction of sp³-hybridized carbons (Fsp3) is 0.714. The molecule has 0 aliphatic heterocycles. The molecule has 0 amide bonds. The summed E-state index contributed by atoms with van der Waals surface area (Å²) < 4.78 is 5.33. The van der Waals surface area contributed by atoms with Crippen molar-refractivity contribution in [1.82, 2.24) is 5.32 Å². The smallest absolute Gasteiger partial charge is 0.341 e. The Hall–Kier alpha value is -1.14. The number of thiocarbonyl (C=S) groups is 1. The topological polar surface area (TPSA) is 50.4 Å². The number of carbonyl (C=O) groups excluding carboxylic acids is 1. The number of nitrogens with one attached hydrogen (secondary N) is 2. The Balaban J connectivity index is 1.73. The minimum absolute atomic E-state index is 0.227. The number of carbonyl (C=O) groups is 1. The number of rotatable bonds is 4. The standard InChI is InChI=1S/C21H32N2O2S2/c1-5-25-19(24)17-15-8-6-7-9-16(15)27-18(17)23-20(26)22-14-10-13(2)11-21(3,4)12-14/h13-14H,5-12H2,1-4H3,(H2,22,23,26). The number of hydrogen-bond donors (Lipinski definition) is 2. The second-order valence-electron chi connectivity index (χ2n) is 8.84. The molecule has 4 nitrogen and oxygen atoms in total. The van der Waals surface area contributed by atoms with Gasteiger partial charge in [-0.1, -0.05) is 20.8 Å². The van der Waals surface area contributed by atoms with Crippen LogP contribution in [-0.2, 0) is 17.6 Å². The first-order valence-electron chi connectivity index (χ1n) is 10.2. The van der Waals surface area contributed by atoms with Gasteiger partial charge in [0.15, 0.2) is 5.11 Å². The van der Waals surface area contributed by atoms with Crippen molar-refractivity contribution >= 4 is 39.6 Å². The molecule has 1 aromatic heterocycles. The quantitative estimate of drug-likeness (QED) is 0.523. The van der Waals surface area contributed by atoms with Crippen molar-refractivity contribution in [2.75, 3.05) is 11.9 Å². The minimum Gasteiger partial charge on any atom is -0.462 e. The first kappa shape index (κ1) is 20.6. The van der Waals surface area contributed by atoms with Crippen LogP contribution in [0.3, 0.4) is 0 Å². The van der Waals surface area contributed by atoms with E-state index in [-0.39, 0.29) is 5.97 Å². The van der Waals surface area contributed by atoms with Crippen LogP contribution in [0.4, 0.5) is 5.00 Å². The highest BCUT2D eigenvalue weighted by Gasteiger charge is 2.33. The van der Waals surface area contributed by atoms with Crippen LogP contribution in [-0.4, -0.2) is 23.7 Å². The molecule has 1 heterocycles. The van der Waals surface area contributed by atoms with Crippen molar-refractivity contribution in [2.24, 2.45) is 11.3 Å². The summed E-state index contributed by atoms with van der Waals surface area (Å²) in [6.07, 6.45) is 7.83. The van der Waals surface area contributed by atoms with Crippen LogP contribution in [0, 0.1) is 11.3 Å². The SMILES string of the molecule is CCOC(=O)c1c(NC(=S)NC2CC(C)CC(C)(C)C2)sc2c1CCCC2. The van der Waals surface area contributed by atoms with E-state index in [0.29, 0.717) is 34.7 Å². The van der Waals surface area contributed by atoms with Crippen LogP contribution in [0.5, 0.6) is 0 Å². The summed E-state index contributed by atoms with van der Waals surface area (Å²) >= 11 is 7.28. The molecule has 0 spiro atoms. The van der Waals surface area contributed by atoms with Crippen LogP contribution in [0.25, 0.3) is 0 Å². The number of fused-ring (bicyclic) bond motifs is 1. The Morgan fingerprint density at radius 2 is 2.04 bits per heavy atom. The molecule has 6 heteroatoms. The van der Waals surface area contributed by atoms with E-state index in [1.54, 1.807) is 11.3 Å². The maximum absolute atomic E-state index is 12.6. The summed E-state index contributed by atoms with van der Waals surface area (Å²) in [6.45, 7) is 9.22. The van der Waals surface area contributed by atoms with Crippen molar-refractivity contribution in [2.45, 2.75) is 78.7 Å². The van der Waals surface area contributed by atoms with Crippen LogP contribution in [0.1, 0.15) is 80.6 Å². The van der Waals surface area contributed by atoms with E-state index in [1.165, 1.54) is 23.3 Å². The molecule has 2 aliphatic rings. The van der Waals surface area contributed by atoms with Gasteiger partial charge in [0.2, 0.25) is 0 Å². The predicted octanol–water partition coefficient (Wildman–Crippen LogP) is 5.30. The summed E-state index contributed by atoms with van der Waals surface area (Å²) in [6, 6.07) is 0.379. The van der Waals surface area contributed by atoms with Gasteiger partial charge in [-0.3, -0.25) is 0 Å². The van der Waals surface area contributed by atoms with Crippen molar-refractivity contribution in [3.05, 3.63) is 16.0 Å². The molecule has 0 saturated heterocycles. The first-order valence-corrected chi connectivity index (χ1v) is 11.4. The predicted molar refractivity (Wildman–Crippen MR) is 117 cm³/mol. The fourth-order valence-electron chi connectivity index (χ4n) is 4.85. The van der Waals surface area contributed by atoms with E-state index < -0.39 is 0 Å². The van der Waals surface area contributed by atoms with Crippen LogP contribution < -0.4 is 10.6 Å². The highest BCUT2D eigenvalue weighted by atomic mass is 32.1. The molecule has 2 N–H and O–H groups in total.